The second-order valence-electron chi connectivity index (χ2n) is 5.58. The van der Waals surface area contributed by atoms with Crippen molar-refractivity contribution in [2.75, 3.05) is 7.11 Å². The molecular weight excluding hydrogens is 403 g/mol. The van der Waals surface area contributed by atoms with Gasteiger partial charge in [0.25, 0.3) is 0 Å². The van der Waals surface area contributed by atoms with Gasteiger partial charge in [-0.05, 0) is 48.4 Å². The minimum absolute atomic E-state index is 0.145. The Morgan fingerprint density at radius 3 is 2.07 bits per heavy atom. The molecule has 0 heterocycles. The summed E-state index contributed by atoms with van der Waals surface area (Å²) in [7, 11) is -2.82. The lowest BCUT2D eigenvalue weighted by Crippen LogP contribution is -2.42. The van der Waals surface area contributed by atoms with E-state index in [-0.39, 0.29) is 6.42 Å². The Kier molecular flexibility index (Phi) is 6.52. The number of carboxylic acids is 1. The van der Waals surface area contributed by atoms with E-state index < -0.39 is 39.0 Å². The summed E-state index contributed by atoms with van der Waals surface area (Å²) in [5.74, 6) is -1.45. The number of hydrogen-bond donors (Lipinski definition) is 2. The summed E-state index contributed by atoms with van der Waals surface area (Å²) in [6.45, 7) is 0. The number of aliphatic carboxylic acids is 1. The number of carbonyl (C=O) groups is 1. The number of carboxylic acid groups (broad SMARTS) is 1. The van der Waals surface area contributed by atoms with Crippen LogP contribution >= 0.6 is 0 Å². The van der Waals surface area contributed by atoms with Crippen LogP contribution in [0.5, 0.6) is 11.5 Å². The molecule has 2 aromatic rings. The monoisotopic (exact) mass is 419 g/mol. The van der Waals surface area contributed by atoms with E-state index in [1.165, 1.54) is 7.11 Å². The Morgan fingerprint density at radius 2 is 1.61 bits per heavy atom. The fraction of sp³-hybridized carbons (Fsp3) is 0.235. The van der Waals surface area contributed by atoms with Gasteiger partial charge in [-0.15, -0.1) is 13.2 Å². The molecule has 11 heteroatoms. The van der Waals surface area contributed by atoms with E-state index in [4.69, 9.17) is 4.74 Å². The highest BCUT2D eigenvalue weighted by atomic mass is 32.2. The normalized spacial score (nSPS) is 13.0. The van der Waals surface area contributed by atoms with Crippen molar-refractivity contribution in [2.45, 2.75) is 23.7 Å². The molecule has 0 saturated carbocycles. The molecule has 7 nitrogen and oxygen atoms in total. The topological polar surface area (TPSA) is 102 Å². The number of halogens is 3. The molecule has 0 amide bonds. The summed E-state index contributed by atoms with van der Waals surface area (Å²) >= 11 is 0. The van der Waals surface area contributed by atoms with Crippen LogP contribution in [0.1, 0.15) is 5.56 Å². The van der Waals surface area contributed by atoms with Crippen molar-refractivity contribution < 1.29 is 41.0 Å². The molecule has 152 valence electrons. The second-order valence-corrected chi connectivity index (χ2v) is 7.30. The highest BCUT2D eigenvalue weighted by Crippen LogP contribution is 2.24. The Labute approximate surface area is 158 Å². The first-order valence-electron chi connectivity index (χ1n) is 7.74. The number of alkyl halides is 3. The molecule has 0 aliphatic heterocycles. The Bertz CT molecular complexity index is 911. The van der Waals surface area contributed by atoms with Gasteiger partial charge < -0.3 is 14.6 Å². The quantitative estimate of drug-likeness (QED) is 0.682. The molecule has 0 aliphatic rings. The van der Waals surface area contributed by atoms with E-state index in [9.17, 15) is 31.5 Å². The second kappa shape index (κ2) is 8.48. The van der Waals surface area contributed by atoms with Crippen LogP contribution in [0, 0.1) is 0 Å². The fourth-order valence-electron chi connectivity index (χ4n) is 2.25. The number of rotatable bonds is 8. The van der Waals surface area contributed by atoms with Gasteiger partial charge in [0.1, 0.15) is 17.5 Å². The minimum atomic E-state index is -4.91. The Hall–Kier alpha value is -2.79. The van der Waals surface area contributed by atoms with Crippen molar-refractivity contribution in [1.29, 1.82) is 0 Å². The molecule has 0 saturated heterocycles. The molecule has 0 aliphatic carbocycles. The van der Waals surface area contributed by atoms with Crippen molar-refractivity contribution in [1.82, 2.24) is 4.72 Å². The zero-order valence-electron chi connectivity index (χ0n) is 14.4. The van der Waals surface area contributed by atoms with E-state index in [2.05, 4.69) is 4.74 Å². The summed E-state index contributed by atoms with van der Waals surface area (Å²) in [6, 6.07) is 8.31. The van der Waals surface area contributed by atoms with Crippen molar-refractivity contribution in [3.8, 4) is 11.5 Å². The molecule has 0 aromatic heterocycles. The molecule has 2 N–H and O–H groups in total. The van der Waals surface area contributed by atoms with Crippen LogP contribution in [0.4, 0.5) is 13.2 Å². The highest BCUT2D eigenvalue weighted by Gasteiger charge is 2.31. The molecule has 2 rings (SSSR count). The SMILES string of the molecule is COc1ccc(CC(NS(=O)(=O)c2ccc(OC(F)(F)F)cc2)C(=O)O)cc1. The lowest BCUT2D eigenvalue weighted by molar-refractivity contribution is -0.274. The van der Waals surface area contributed by atoms with Crippen LogP contribution in [-0.2, 0) is 21.2 Å². The summed E-state index contributed by atoms with van der Waals surface area (Å²) in [5, 5.41) is 9.32. The van der Waals surface area contributed by atoms with Gasteiger partial charge in [0.2, 0.25) is 10.0 Å². The maximum absolute atomic E-state index is 12.4. The maximum Gasteiger partial charge on any atom is 0.573 e. The Balaban J connectivity index is 2.15. The van der Waals surface area contributed by atoms with E-state index in [1.54, 1.807) is 24.3 Å². The first-order chi connectivity index (χ1) is 13.0. The van der Waals surface area contributed by atoms with Crippen LogP contribution in [0.25, 0.3) is 0 Å². The van der Waals surface area contributed by atoms with Gasteiger partial charge in [-0.1, -0.05) is 12.1 Å². The number of methoxy groups -OCH3 is 1. The highest BCUT2D eigenvalue weighted by molar-refractivity contribution is 7.89. The number of hydrogen-bond acceptors (Lipinski definition) is 5. The zero-order valence-corrected chi connectivity index (χ0v) is 15.3. The summed E-state index contributed by atoms with van der Waals surface area (Å²) in [5.41, 5.74) is 0.546. The number of sulfonamides is 1. The van der Waals surface area contributed by atoms with Crippen molar-refractivity contribution in [2.24, 2.45) is 0 Å². The lowest BCUT2D eigenvalue weighted by atomic mass is 10.1. The van der Waals surface area contributed by atoms with Gasteiger partial charge >= 0.3 is 12.3 Å². The zero-order chi connectivity index (χ0) is 20.9. The lowest BCUT2D eigenvalue weighted by Gasteiger charge is -2.15. The third-order valence-electron chi connectivity index (χ3n) is 3.56. The third-order valence-corrected chi connectivity index (χ3v) is 5.05. The van der Waals surface area contributed by atoms with Crippen molar-refractivity contribution in [3.05, 3.63) is 54.1 Å². The average molecular weight is 419 g/mol. The van der Waals surface area contributed by atoms with Crippen LogP contribution in [-0.4, -0.2) is 39.0 Å². The van der Waals surface area contributed by atoms with Gasteiger partial charge in [-0.3, -0.25) is 4.79 Å². The summed E-state index contributed by atoms with van der Waals surface area (Å²) < 4.78 is 71.9. The molecule has 0 radical (unpaired) electrons. The van der Waals surface area contributed by atoms with Gasteiger partial charge in [0.15, 0.2) is 0 Å². The molecule has 0 fully saturated rings. The molecule has 2 aromatic carbocycles. The first kappa shape index (κ1) is 21.5. The van der Waals surface area contributed by atoms with Gasteiger partial charge in [-0.25, -0.2) is 8.42 Å². The van der Waals surface area contributed by atoms with E-state index in [1.807, 2.05) is 4.72 Å². The summed E-state index contributed by atoms with van der Waals surface area (Å²) in [6.07, 6.45) is -5.06. The number of nitrogens with one attached hydrogen (secondary N) is 1. The van der Waals surface area contributed by atoms with Gasteiger partial charge in [0.05, 0.1) is 12.0 Å². The van der Waals surface area contributed by atoms with Crippen molar-refractivity contribution in [3.63, 3.8) is 0 Å². The fourth-order valence-corrected chi connectivity index (χ4v) is 3.44. The molecule has 0 spiro atoms. The van der Waals surface area contributed by atoms with Crippen molar-refractivity contribution >= 4 is 16.0 Å². The largest absolute Gasteiger partial charge is 0.573 e. The smallest absolute Gasteiger partial charge is 0.497 e. The van der Waals surface area contributed by atoms with Gasteiger partial charge in [-0.2, -0.15) is 4.72 Å². The van der Waals surface area contributed by atoms with E-state index >= 15 is 0 Å². The average Bonchev–Trinajstić information content (AvgIpc) is 2.60. The standard InChI is InChI=1S/C17H16F3NO6S/c1-26-12-4-2-11(3-5-12)10-15(16(22)23)21-28(24,25)14-8-6-13(7-9-14)27-17(18,19)20/h2-9,15,21H,10H2,1H3,(H,22,23). The van der Waals surface area contributed by atoms with E-state index in [0.29, 0.717) is 11.3 Å². The molecular formula is C17H16F3NO6S. The molecule has 1 atom stereocenters. The third kappa shape index (κ3) is 6.13. The number of benzene rings is 2. The van der Waals surface area contributed by atoms with Gasteiger partial charge in [0, 0.05) is 0 Å². The molecule has 1 unspecified atom stereocenters. The van der Waals surface area contributed by atoms with Crippen LogP contribution in [0.3, 0.4) is 0 Å². The molecule has 28 heavy (non-hydrogen) atoms. The number of ether oxygens (including phenoxy) is 2. The Morgan fingerprint density at radius 1 is 1.07 bits per heavy atom. The first-order valence-corrected chi connectivity index (χ1v) is 9.22. The molecule has 0 bridgehead atoms. The van der Waals surface area contributed by atoms with Crippen LogP contribution in [0.15, 0.2) is 53.4 Å². The maximum atomic E-state index is 12.4. The van der Waals surface area contributed by atoms with E-state index in [0.717, 1.165) is 24.3 Å². The minimum Gasteiger partial charge on any atom is -0.497 e. The predicted molar refractivity (Wildman–Crippen MR) is 91.6 cm³/mol. The van der Waals surface area contributed by atoms with Crippen LogP contribution in [0.2, 0.25) is 0 Å². The predicted octanol–water partition coefficient (Wildman–Crippen LogP) is 2.57. The van der Waals surface area contributed by atoms with Crippen LogP contribution < -0.4 is 14.2 Å². The summed E-state index contributed by atoms with van der Waals surface area (Å²) in [4.78, 5) is 11.1.